The van der Waals surface area contributed by atoms with Gasteiger partial charge in [0.2, 0.25) is 5.78 Å². The maximum absolute atomic E-state index is 13.4. The van der Waals surface area contributed by atoms with E-state index in [9.17, 15) is 4.79 Å². The van der Waals surface area contributed by atoms with Crippen LogP contribution in [0.15, 0.2) is 103 Å². The smallest absolute Gasteiger partial charge is 0.205 e. The summed E-state index contributed by atoms with van der Waals surface area (Å²) in [5.41, 5.74) is 11.6. The zero-order chi connectivity index (χ0) is 23.9. The summed E-state index contributed by atoms with van der Waals surface area (Å²) >= 11 is 7.36. The molecule has 2 heterocycles. The number of nitrogens with two attached hydrogens (primary N) is 1. The highest BCUT2D eigenvalue weighted by Crippen LogP contribution is 2.43. The monoisotopic (exact) mass is 490 g/mol. The molecule has 0 unspecified atom stereocenters. The number of ketones is 1. The Morgan fingerprint density at radius 3 is 2.31 bits per heavy atom. The Bertz CT molecular complexity index is 1720. The molecular weight excluding hydrogens is 472 g/mol. The molecule has 0 aliphatic rings. The van der Waals surface area contributed by atoms with Gasteiger partial charge in [0.05, 0.1) is 11.4 Å². The van der Waals surface area contributed by atoms with Gasteiger partial charge in [-0.15, -0.1) is 11.3 Å². The van der Waals surface area contributed by atoms with Gasteiger partial charge in [0, 0.05) is 21.5 Å². The molecule has 0 saturated heterocycles. The van der Waals surface area contributed by atoms with Gasteiger partial charge < -0.3 is 5.73 Å². The number of hydrogen-bond donors (Lipinski definition) is 1. The van der Waals surface area contributed by atoms with Gasteiger partial charge >= 0.3 is 0 Å². The number of fused-ring (bicyclic) bond motifs is 2. The number of anilines is 1. The van der Waals surface area contributed by atoms with Crippen LogP contribution in [0.3, 0.4) is 0 Å². The van der Waals surface area contributed by atoms with E-state index < -0.39 is 0 Å². The van der Waals surface area contributed by atoms with E-state index >= 15 is 0 Å². The van der Waals surface area contributed by atoms with Crippen LogP contribution in [0.25, 0.3) is 43.4 Å². The Kier molecular flexibility index (Phi) is 5.33. The predicted octanol–water partition coefficient (Wildman–Crippen LogP) is 8.25. The molecule has 0 saturated carbocycles. The minimum absolute atomic E-state index is 0.132. The largest absolute Gasteiger partial charge is 0.397 e. The number of aromatic nitrogens is 1. The lowest BCUT2D eigenvalue weighted by molar-refractivity contribution is 0.104. The molecule has 2 N–H and O–H groups in total. The summed E-state index contributed by atoms with van der Waals surface area (Å²) in [6.07, 6.45) is 0. The maximum atomic E-state index is 13.4. The first-order valence-electron chi connectivity index (χ1n) is 11.2. The Morgan fingerprint density at radius 2 is 1.51 bits per heavy atom. The summed E-state index contributed by atoms with van der Waals surface area (Å²) in [7, 11) is 0. The first-order chi connectivity index (χ1) is 17.1. The summed E-state index contributed by atoms with van der Waals surface area (Å²) in [4.78, 5) is 19.6. The quantitative estimate of drug-likeness (QED) is 0.253. The van der Waals surface area contributed by atoms with Crippen molar-refractivity contribution in [1.29, 1.82) is 0 Å². The number of thiophene rings is 1. The number of halogens is 1. The first kappa shape index (κ1) is 21.5. The molecule has 3 nitrogen and oxygen atoms in total. The van der Waals surface area contributed by atoms with Gasteiger partial charge in [-0.25, -0.2) is 4.98 Å². The van der Waals surface area contributed by atoms with E-state index in [4.69, 9.17) is 22.3 Å². The van der Waals surface area contributed by atoms with Gasteiger partial charge in [-0.05, 0) is 52.2 Å². The molecule has 168 valence electrons. The number of nitrogens with zero attached hydrogens (tertiary/aromatic N) is 1. The van der Waals surface area contributed by atoms with Crippen LogP contribution in [0, 0.1) is 0 Å². The summed E-state index contributed by atoms with van der Waals surface area (Å²) in [5, 5.41) is 3.65. The van der Waals surface area contributed by atoms with E-state index in [1.54, 1.807) is 24.3 Å². The van der Waals surface area contributed by atoms with Crippen LogP contribution in [0.1, 0.15) is 15.2 Å². The van der Waals surface area contributed by atoms with Gasteiger partial charge in [0.25, 0.3) is 0 Å². The van der Waals surface area contributed by atoms with Crippen LogP contribution in [0.2, 0.25) is 5.02 Å². The minimum atomic E-state index is -0.132. The second-order valence-corrected chi connectivity index (χ2v) is 9.74. The molecule has 0 bridgehead atoms. The molecule has 0 amide bonds. The lowest BCUT2D eigenvalue weighted by Crippen LogP contribution is -2.02. The Morgan fingerprint density at radius 1 is 0.800 bits per heavy atom. The van der Waals surface area contributed by atoms with Crippen LogP contribution in [0.5, 0.6) is 0 Å². The summed E-state index contributed by atoms with van der Waals surface area (Å²) in [6, 6.07) is 33.6. The van der Waals surface area contributed by atoms with Crippen molar-refractivity contribution in [3.05, 3.63) is 119 Å². The number of carbonyl (C=O) groups is 1. The van der Waals surface area contributed by atoms with Crippen LogP contribution < -0.4 is 5.73 Å². The molecule has 6 rings (SSSR count). The molecule has 6 aromatic rings. The molecule has 0 atom stereocenters. The molecule has 0 aliphatic carbocycles. The zero-order valence-electron chi connectivity index (χ0n) is 18.5. The van der Waals surface area contributed by atoms with E-state index in [0.717, 1.165) is 43.4 Å². The van der Waals surface area contributed by atoms with E-state index in [1.165, 1.54) is 11.3 Å². The fraction of sp³-hybridized carbons (Fsp3) is 0. The van der Waals surface area contributed by atoms with E-state index in [-0.39, 0.29) is 5.78 Å². The number of rotatable bonds is 4. The third kappa shape index (κ3) is 3.77. The Labute approximate surface area is 211 Å². The molecule has 0 spiro atoms. The minimum Gasteiger partial charge on any atom is -0.397 e. The second kappa shape index (κ2) is 8.66. The van der Waals surface area contributed by atoms with Crippen molar-refractivity contribution in [2.24, 2.45) is 0 Å². The van der Waals surface area contributed by atoms with E-state index in [0.29, 0.717) is 21.2 Å². The fourth-order valence-corrected chi connectivity index (χ4v) is 5.66. The molecule has 4 aromatic carbocycles. The van der Waals surface area contributed by atoms with Crippen LogP contribution >= 0.6 is 22.9 Å². The average Bonchev–Trinajstić information content (AvgIpc) is 3.24. The van der Waals surface area contributed by atoms with E-state index in [1.807, 2.05) is 42.5 Å². The molecule has 5 heteroatoms. The standard InChI is InChI=1S/C30H19ClN2OS/c31-21-15-13-20(14-16-21)28(34)29-27(32)26-24(23-12-6-10-18-7-4-5-11-22(18)23)17-25(33-30(26)35-29)19-8-2-1-3-9-19/h1-17H,32H2. The van der Waals surface area contributed by atoms with Crippen molar-refractivity contribution < 1.29 is 4.79 Å². The summed E-state index contributed by atoms with van der Waals surface area (Å²) in [5.74, 6) is -0.132. The van der Waals surface area contributed by atoms with Gasteiger partial charge in [-0.2, -0.15) is 0 Å². The third-order valence-electron chi connectivity index (χ3n) is 6.16. The van der Waals surface area contributed by atoms with Gasteiger partial charge in [0.1, 0.15) is 9.71 Å². The molecule has 0 fully saturated rings. The highest BCUT2D eigenvalue weighted by molar-refractivity contribution is 7.21. The highest BCUT2D eigenvalue weighted by atomic mass is 35.5. The van der Waals surface area contributed by atoms with Crippen molar-refractivity contribution in [3.8, 4) is 22.4 Å². The zero-order valence-corrected chi connectivity index (χ0v) is 20.1. The SMILES string of the molecule is Nc1c(C(=O)c2ccc(Cl)cc2)sc2nc(-c3ccccc3)cc(-c3cccc4ccccc34)c12. The van der Waals surface area contributed by atoms with Gasteiger partial charge in [0.15, 0.2) is 0 Å². The number of nitrogen functional groups attached to an aromatic ring is 1. The van der Waals surface area contributed by atoms with Crippen LogP contribution in [0.4, 0.5) is 5.69 Å². The number of benzene rings is 4. The van der Waals surface area contributed by atoms with Crippen molar-refractivity contribution >= 4 is 55.4 Å². The fourth-order valence-electron chi connectivity index (χ4n) is 4.45. The predicted molar refractivity (Wildman–Crippen MR) is 147 cm³/mol. The molecular formula is C30H19ClN2OS. The van der Waals surface area contributed by atoms with E-state index in [2.05, 4.69) is 36.4 Å². The molecule has 0 radical (unpaired) electrons. The van der Waals surface area contributed by atoms with Crippen molar-refractivity contribution in [2.75, 3.05) is 5.73 Å². The normalized spacial score (nSPS) is 11.2. The average molecular weight is 491 g/mol. The Hall–Kier alpha value is -3.99. The van der Waals surface area contributed by atoms with Crippen molar-refractivity contribution in [1.82, 2.24) is 4.98 Å². The number of hydrogen-bond acceptors (Lipinski definition) is 4. The van der Waals surface area contributed by atoms with Crippen LogP contribution in [-0.2, 0) is 0 Å². The summed E-state index contributed by atoms with van der Waals surface area (Å²) < 4.78 is 0. The number of carbonyl (C=O) groups excluding carboxylic acids is 1. The lowest BCUT2D eigenvalue weighted by Gasteiger charge is -2.11. The maximum Gasteiger partial charge on any atom is 0.205 e. The highest BCUT2D eigenvalue weighted by Gasteiger charge is 2.23. The second-order valence-electron chi connectivity index (χ2n) is 8.31. The Balaban J connectivity index is 1.65. The number of pyridine rings is 1. The summed E-state index contributed by atoms with van der Waals surface area (Å²) in [6.45, 7) is 0. The topological polar surface area (TPSA) is 56.0 Å². The van der Waals surface area contributed by atoms with Gasteiger partial charge in [-0.3, -0.25) is 4.79 Å². The third-order valence-corrected chi connectivity index (χ3v) is 7.51. The van der Waals surface area contributed by atoms with Crippen molar-refractivity contribution in [3.63, 3.8) is 0 Å². The lowest BCUT2D eigenvalue weighted by atomic mass is 9.94. The van der Waals surface area contributed by atoms with Gasteiger partial charge in [-0.1, -0.05) is 84.4 Å². The van der Waals surface area contributed by atoms with Crippen molar-refractivity contribution in [2.45, 2.75) is 0 Å². The molecule has 0 aliphatic heterocycles. The van der Waals surface area contributed by atoms with Crippen LogP contribution in [-0.4, -0.2) is 10.8 Å². The molecule has 2 aromatic heterocycles. The molecule has 35 heavy (non-hydrogen) atoms. The first-order valence-corrected chi connectivity index (χ1v) is 12.4.